The largest absolute Gasteiger partial charge is 0.508 e. The number of esters is 1. The number of methoxy groups -OCH3 is 1. The highest BCUT2D eigenvalue weighted by Gasteiger charge is 2.16. The molecule has 0 rings (SSSR count). The number of hydrogen-bond acceptors (Lipinski definition) is 8. The minimum atomic E-state index is -0.578. The Bertz CT molecular complexity index is 516. The van der Waals surface area contributed by atoms with E-state index in [0.717, 1.165) is 90.4 Å². The Morgan fingerprint density at radius 1 is 0.750 bits per heavy atom. The Morgan fingerprint density at radius 2 is 1.33 bits per heavy atom. The molecule has 0 spiro atoms. The average Bonchev–Trinajstić information content (AvgIpc) is 2.88. The highest BCUT2D eigenvalue weighted by atomic mass is 16.7. The van der Waals surface area contributed by atoms with Crippen molar-refractivity contribution in [3.05, 3.63) is 0 Å². The van der Waals surface area contributed by atoms with Crippen molar-refractivity contribution in [2.45, 2.75) is 110 Å². The van der Waals surface area contributed by atoms with Crippen LogP contribution >= 0.6 is 0 Å². The highest BCUT2D eigenvalue weighted by molar-refractivity contribution is 5.68. The molecule has 0 aliphatic heterocycles. The van der Waals surface area contributed by atoms with E-state index in [9.17, 15) is 14.7 Å². The summed E-state index contributed by atoms with van der Waals surface area (Å²) in [5, 5.41) is 9.35. The van der Waals surface area contributed by atoms with Crippen LogP contribution in [-0.2, 0) is 19.0 Å². The van der Waals surface area contributed by atoms with Crippen LogP contribution in [0.3, 0.4) is 0 Å². The van der Waals surface area contributed by atoms with E-state index < -0.39 is 6.16 Å². The van der Waals surface area contributed by atoms with Crippen molar-refractivity contribution in [1.82, 2.24) is 9.80 Å². The summed E-state index contributed by atoms with van der Waals surface area (Å²) >= 11 is 0. The van der Waals surface area contributed by atoms with Gasteiger partial charge in [-0.05, 0) is 45.2 Å². The zero-order chi connectivity index (χ0) is 26.9. The van der Waals surface area contributed by atoms with Crippen LogP contribution in [0.4, 0.5) is 4.79 Å². The van der Waals surface area contributed by atoms with Crippen LogP contribution in [0.15, 0.2) is 0 Å². The van der Waals surface area contributed by atoms with E-state index in [4.69, 9.17) is 9.47 Å². The first-order valence-corrected chi connectivity index (χ1v) is 14.5. The van der Waals surface area contributed by atoms with E-state index in [1.165, 1.54) is 20.0 Å². The van der Waals surface area contributed by atoms with Crippen LogP contribution in [0, 0.1) is 0 Å². The van der Waals surface area contributed by atoms with Crippen LogP contribution < -0.4 is 0 Å². The zero-order valence-electron chi connectivity index (χ0n) is 23.8. The SMILES string of the molecule is CCCCCCC(CCCCCCCCC(=O)OC)OC(=O)OCCN(CCO)CCN(CC)CC. The second-order valence-corrected chi connectivity index (χ2v) is 9.52. The molecule has 1 N–H and O–H groups in total. The van der Waals surface area contributed by atoms with Crippen LogP contribution in [0.5, 0.6) is 0 Å². The molecular formula is C28H56N2O6. The van der Waals surface area contributed by atoms with Gasteiger partial charge in [-0.2, -0.15) is 0 Å². The number of carbonyl (C=O) groups excluding carboxylic acids is 2. The van der Waals surface area contributed by atoms with Crippen LogP contribution in [0.25, 0.3) is 0 Å². The number of rotatable bonds is 25. The number of ether oxygens (including phenoxy) is 3. The molecule has 8 heteroatoms. The van der Waals surface area contributed by atoms with E-state index in [1.54, 1.807) is 0 Å². The molecule has 0 radical (unpaired) electrons. The highest BCUT2D eigenvalue weighted by Crippen LogP contribution is 2.17. The molecule has 0 bridgehead atoms. The molecule has 36 heavy (non-hydrogen) atoms. The van der Waals surface area contributed by atoms with Gasteiger partial charge in [-0.15, -0.1) is 0 Å². The number of likely N-dealkylation sites (N-methyl/N-ethyl adjacent to an activating group) is 1. The van der Waals surface area contributed by atoms with Gasteiger partial charge >= 0.3 is 12.1 Å². The van der Waals surface area contributed by atoms with Gasteiger partial charge in [-0.3, -0.25) is 9.69 Å². The van der Waals surface area contributed by atoms with Gasteiger partial charge in [0.2, 0.25) is 0 Å². The molecule has 0 heterocycles. The second kappa shape index (κ2) is 25.3. The lowest BCUT2D eigenvalue weighted by Gasteiger charge is -2.25. The number of aliphatic hydroxyl groups is 1. The summed E-state index contributed by atoms with van der Waals surface area (Å²) < 4.78 is 15.8. The van der Waals surface area contributed by atoms with Crippen molar-refractivity contribution in [1.29, 1.82) is 0 Å². The summed E-state index contributed by atoms with van der Waals surface area (Å²) in [4.78, 5) is 28.0. The smallest absolute Gasteiger partial charge is 0.469 e. The summed E-state index contributed by atoms with van der Waals surface area (Å²) in [6.45, 7) is 11.8. The van der Waals surface area contributed by atoms with Crippen LogP contribution in [-0.4, -0.2) is 92.7 Å². The molecule has 0 aromatic carbocycles. The molecule has 214 valence electrons. The Hall–Kier alpha value is -1.38. The van der Waals surface area contributed by atoms with Gasteiger partial charge in [0.25, 0.3) is 0 Å². The number of hydrogen-bond donors (Lipinski definition) is 1. The van der Waals surface area contributed by atoms with Crippen molar-refractivity contribution >= 4 is 12.1 Å². The summed E-state index contributed by atoms with van der Waals surface area (Å²) in [5.74, 6) is -0.134. The quantitative estimate of drug-likeness (QED) is 0.127. The predicted molar refractivity (Wildman–Crippen MR) is 145 cm³/mol. The van der Waals surface area contributed by atoms with Gasteiger partial charge in [0.05, 0.1) is 13.7 Å². The van der Waals surface area contributed by atoms with E-state index >= 15 is 0 Å². The summed E-state index contributed by atoms with van der Waals surface area (Å²) in [6, 6.07) is 0. The van der Waals surface area contributed by atoms with E-state index in [-0.39, 0.29) is 25.3 Å². The van der Waals surface area contributed by atoms with Gasteiger partial charge in [0, 0.05) is 32.6 Å². The Labute approximate surface area is 221 Å². The van der Waals surface area contributed by atoms with Gasteiger partial charge < -0.3 is 24.2 Å². The average molecular weight is 517 g/mol. The Balaban J connectivity index is 4.30. The maximum absolute atomic E-state index is 12.4. The fraction of sp³-hybridized carbons (Fsp3) is 0.929. The van der Waals surface area contributed by atoms with Crippen molar-refractivity contribution in [2.75, 3.05) is 59.6 Å². The molecule has 8 nitrogen and oxygen atoms in total. The summed E-state index contributed by atoms with van der Waals surface area (Å²) in [5.41, 5.74) is 0. The molecule has 0 fully saturated rings. The first-order valence-electron chi connectivity index (χ1n) is 14.5. The van der Waals surface area contributed by atoms with Crippen molar-refractivity contribution in [3.8, 4) is 0 Å². The third-order valence-corrected chi connectivity index (χ3v) is 6.70. The minimum absolute atomic E-state index is 0.0911. The van der Waals surface area contributed by atoms with Crippen molar-refractivity contribution in [3.63, 3.8) is 0 Å². The van der Waals surface area contributed by atoms with Gasteiger partial charge in [-0.1, -0.05) is 65.7 Å². The summed E-state index contributed by atoms with van der Waals surface area (Å²) in [7, 11) is 1.43. The molecule has 0 aromatic rings. The fourth-order valence-electron chi connectivity index (χ4n) is 4.24. The molecule has 0 aliphatic carbocycles. The fourth-order valence-corrected chi connectivity index (χ4v) is 4.24. The number of aliphatic hydroxyl groups excluding tert-OH is 1. The second-order valence-electron chi connectivity index (χ2n) is 9.52. The third-order valence-electron chi connectivity index (χ3n) is 6.70. The lowest BCUT2D eigenvalue weighted by atomic mass is 10.0. The van der Waals surface area contributed by atoms with Crippen molar-refractivity contribution in [2.24, 2.45) is 0 Å². The maximum atomic E-state index is 12.4. The van der Waals surface area contributed by atoms with E-state index in [1.807, 2.05) is 0 Å². The van der Waals surface area contributed by atoms with Crippen LogP contribution in [0.1, 0.15) is 104 Å². The molecule has 0 saturated heterocycles. The zero-order valence-corrected chi connectivity index (χ0v) is 23.8. The monoisotopic (exact) mass is 516 g/mol. The van der Waals surface area contributed by atoms with E-state index in [0.29, 0.717) is 19.5 Å². The lowest BCUT2D eigenvalue weighted by molar-refractivity contribution is -0.140. The lowest BCUT2D eigenvalue weighted by Crippen LogP contribution is -2.38. The molecule has 1 atom stereocenters. The Kier molecular flexibility index (Phi) is 24.3. The number of nitrogens with zero attached hydrogens (tertiary/aromatic N) is 2. The van der Waals surface area contributed by atoms with Crippen molar-refractivity contribution < 1.29 is 28.9 Å². The third kappa shape index (κ3) is 20.8. The van der Waals surface area contributed by atoms with Crippen LogP contribution in [0.2, 0.25) is 0 Å². The minimum Gasteiger partial charge on any atom is -0.469 e. The molecule has 0 aromatic heterocycles. The predicted octanol–water partition coefficient (Wildman–Crippen LogP) is 5.41. The molecular weight excluding hydrogens is 460 g/mol. The standard InChI is InChI=1S/C28H56N2O6/c1-5-8-9-14-17-26(18-15-12-10-11-13-16-19-27(32)34-4)36-28(33)35-25-23-30(22-24-31)21-20-29(6-2)7-3/h26,31H,5-25H2,1-4H3. The first kappa shape index (κ1) is 34.6. The van der Waals surface area contributed by atoms with E-state index in [2.05, 4.69) is 35.3 Å². The molecule has 0 saturated carbocycles. The number of unbranched alkanes of at least 4 members (excludes halogenated alkanes) is 8. The molecule has 0 amide bonds. The number of carbonyl (C=O) groups is 2. The Morgan fingerprint density at radius 3 is 1.92 bits per heavy atom. The topological polar surface area (TPSA) is 88.5 Å². The molecule has 0 aliphatic rings. The summed E-state index contributed by atoms with van der Waals surface area (Å²) in [6.07, 6.45) is 12.5. The maximum Gasteiger partial charge on any atom is 0.508 e. The van der Waals surface area contributed by atoms with Gasteiger partial charge in [0.15, 0.2) is 0 Å². The van der Waals surface area contributed by atoms with Gasteiger partial charge in [0.1, 0.15) is 12.7 Å². The first-order chi connectivity index (χ1) is 17.5. The molecule has 1 unspecified atom stereocenters. The van der Waals surface area contributed by atoms with Gasteiger partial charge in [-0.25, -0.2) is 4.79 Å². The normalized spacial score (nSPS) is 12.2.